The summed E-state index contributed by atoms with van der Waals surface area (Å²) in [6.45, 7) is 0. The molecule has 3 nitrogen and oxygen atoms in total. The summed E-state index contributed by atoms with van der Waals surface area (Å²) in [6, 6.07) is 12.3. The maximum Gasteiger partial charge on any atom is 0.125 e. The van der Waals surface area contributed by atoms with Crippen LogP contribution in [0.4, 0.5) is 4.39 Å². The molecule has 2 aromatic carbocycles. The van der Waals surface area contributed by atoms with E-state index in [2.05, 4.69) is 4.98 Å². The van der Waals surface area contributed by atoms with E-state index in [-0.39, 0.29) is 5.82 Å². The van der Waals surface area contributed by atoms with Crippen LogP contribution in [0.1, 0.15) is 5.82 Å². The summed E-state index contributed by atoms with van der Waals surface area (Å²) in [5.41, 5.74) is 2.44. The van der Waals surface area contributed by atoms with Crippen LogP contribution < -0.4 is 4.74 Å². The molecule has 0 aliphatic rings. The number of hydrogen-bond donors (Lipinski definition) is 0. The molecule has 3 aromatic rings. The van der Waals surface area contributed by atoms with Crippen LogP contribution in [-0.2, 0) is 6.42 Å². The first kappa shape index (κ1) is 13.9. The van der Waals surface area contributed by atoms with E-state index in [9.17, 15) is 4.39 Å². The zero-order valence-corrected chi connectivity index (χ0v) is 12.3. The number of rotatable bonds is 4. The topological polar surface area (TPSA) is 27.1 Å². The second-order valence-electron chi connectivity index (χ2n) is 4.63. The quantitative estimate of drug-likeness (QED) is 0.682. The molecule has 0 saturated carbocycles. The third-order valence-electron chi connectivity index (χ3n) is 3.33. The van der Waals surface area contributed by atoms with Gasteiger partial charge < -0.3 is 4.74 Å². The van der Waals surface area contributed by atoms with Crippen molar-refractivity contribution in [3.05, 3.63) is 54.1 Å². The van der Waals surface area contributed by atoms with Gasteiger partial charge in [0.25, 0.3) is 0 Å². The van der Waals surface area contributed by atoms with Crippen molar-refractivity contribution in [2.45, 2.75) is 6.42 Å². The van der Waals surface area contributed by atoms with E-state index in [0.29, 0.717) is 17.8 Å². The molecule has 0 aliphatic carbocycles. The second-order valence-corrected chi connectivity index (χ2v) is 5.01. The second kappa shape index (κ2) is 5.74. The highest BCUT2D eigenvalue weighted by Crippen LogP contribution is 2.24. The number of ether oxygens (including phenoxy) is 1. The van der Waals surface area contributed by atoms with Gasteiger partial charge in [-0.1, -0.05) is 0 Å². The van der Waals surface area contributed by atoms with Gasteiger partial charge in [0.2, 0.25) is 0 Å². The van der Waals surface area contributed by atoms with E-state index in [1.807, 2.05) is 28.8 Å². The minimum Gasteiger partial charge on any atom is -0.497 e. The maximum absolute atomic E-state index is 13.4. The molecule has 1 heterocycles. The van der Waals surface area contributed by atoms with Crippen molar-refractivity contribution in [3.8, 4) is 11.4 Å². The lowest BCUT2D eigenvalue weighted by atomic mass is 10.2. The fourth-order valence-electron chi connectivity index (χ4n) is 2.37. The van der Waals surface area contributed by atoms with Crippen molar-refractivity contribution in [1.29, 1.82) is 0 Å². The van der Waals surface area contributed by atoms with E-state index in [1.54, 1.807) is 13.2 Å². The molecule has 0 bridgehead atoms. The Morgan fingerprint density at radius 1 is 1.19 bits per heavy atom. The van der Waals surface area contributed by atoms with Crippen molar-refractivity contribution >= 4 is 22.6 Å². The normalized spacial score (nSPS) is 11.0. The minimum absolute atomic E-state index is 0.292. The smallest absolute Gasteiger partial charge is 0.125 e. The van der Waals surface area contributed by atoms with Gasteiger partial charge in [0.15, 0.2) is 0 Å². The summed E-state index contributed by atoms with van der Waals surface area (Å²) in [4.78, 5) is 4.49. The van der Waals surface area contributed by atoms with E-state index in [0.717, 1.165) is 22.8 Å². The number of halogens is 2. The van der Waals surface area contributed by atoms with Crippen LogP contribution in [0.15, 0.2) is 42.5 Å². The molecule has 0 radical (unpaired) electrons. The Labute approximate surface area is 126 Å². The maximum atomic E-state index is 13.4. The molecule has 3 rings (SSSR count). The fraction of sp³-hybridized carbons (Fsp3) is 0.188. The van der Waals surface area contributed by atoms with E-state index < -0.39 is 0 Å². The average Bonchev–Trinajstić information content (AvgIpc) is 2.85. The van der Waals surface area contributed by atoms with Gasteiger partial charge in [0.1, 0.15) is 17.4 Å². The monoisotopic (exact) mass is 304 g/mol. The van der Waals surface area contributed by atoms with E-state index in [4.69, 9.17) is 16.3 Å². The summed E-state index contributed by atoms with van der Waals surface area (Å²) in [5.74, 6) is 1.77. The summed E-state index contributed by atoms with van der Waals surface area (Å²) >= 11 is 5.85. The molecule has 0 amide bonds. The highest BCUT2D eigenvalue weighted by molar-refractivity contribution is 6.17. The van der Waals surface area contributed by atoms with Crippen LogP contribution in [0, 0.1) is 5.82 Å². The highest BCUT2D eigenvalue weighted by atomic mass is 35.5. The van der Waals surface area contributed by atoms with Gasteiger partial charge in [-0.3, -0.25) is 4.57 Å². The van der Waals surface area contributed by atoms with Gasteiger partial charge in [-0.15, -0.1) is 11.6 Å². The van der Waals surface area contributed by atoms with Crippen LogP contribution in [-0.4, -0.2) is 22.5 Å². The Balaban J connectivity index is 2.20. The number of benzene rings is 2. The van der Waals surface area contributed by atoms with Gasteiger partial charge in [-0.2, -0.15) is 0 Å². The zero-order chi connectivity index (χ0) is 14.8. The van der Waals surface area contributed by atoms with Gasteiger partial charge in [-0.25, -0.2) is 9.37 Å². The van der Waals surface area contributed by atoms with Crippen molar-refractivity contribution in [3.63, 3.8) is 0 Å². The van der Waals surface area contributed by atoms with Gasteiger partial charge in [0.05, 0.1) is 18.1 Å². The molecule has 0 saturated heterocycles. The van der Waals surface area contributed by atoms with Crippen LogP contribution in [0.3, 0.4) is 0 Å². The number of nitrogens with zero attached hydrogens (tertiary/aromatic N) is 2. The average molecular weight is 305 g/mol. The SMILES string of the molecule is COc1ccc(-n2c(CCCl)nc3cc(F)ccc32)cc1. The standard InChI is InChI=1S/C16H14ClFN2O/c1-21-13-5-3-12(4-6-13)20-15-7-2-11(18)10-14(15)19-16(20)8-9-17/h2-7,10H,8-9H2,1H3. The molecule has 0 unspecified atom stereocenters. The van der Waals surface area contributed by atoms with E-state index in [1.165, 1.54) is 12.1 Å². The van der Waals surface area contributed by atoms with Gasteiger partial charge in [-0.05, 0) is 36.4 Å². The number of aromatic nitrogens is 2. The van der Waals surface area contributed by atoms with Crippen molar-refractivity contribution in [2.24, 2.45) is 0 Å². The van der Waals surface area contributed by atoms with Crippen molar-refractivity contribution < 1.29 is 9.13 Å². The summed E-state index contributed by atoms with van der Waals surface area (Å²) in [5, 5.41) is 0. The first-order valence-electron chi connectivity index (χ1n) is 6.60. The first-order chi connectivity index (χ1) is 10.2. The number of alkyl halides is 1. The third-order valence-corrected chi connectivity index (χ3v) is 3.52. The third kappa shape index (κ3) is 2.59. The zero-order valence-electron chi connectivity index (χ0n) is 11.5. The Kier molecular flexibility index (Phi) is 3.80. The fourth-order valence-corrected chi connectivity index (χ4v) is 2.54. The summed E-state index contributed by atoms with van der Waals surface area (Å²) in [6.07, 6.45) is 0.615. The molecular formula is C16H14ClFN2O. The van der Waals surface area contributed by atoms with Crippen LogP contribution >= 0.6 is 11.6 Å². The minimum atomic E-state index is -0.292. The first-order valence-corrected chi connectivity index (χ1v) is 7.13. The Bertz CT molecular complexity index is 768. The highest BCUT2D eigenvalue weighted by Gasteiger charge is 2.12. The van der Waals surface area contributed by atoms with Crippen LogP contribution in [0.2, 0.25) is 0 Å². The molecule has 0 fully saturated rings. The van der Waals surface area contributed by atoms with Crippen LogP contribution in [0.25, 0.3) is 16.7 Å². The predicted molar refractivity (Wildman–Crippen MR) is 82.0 cm³/mol. The molecule has 0 N–H and O–H groups in total. The molecule has 5 heteroatoms. The number of hydrogen-bond acceptors (Lipinski definition) is 2. The number of aryl methyl sites for hydroxylation is 1. The van der Waals surface area contributed by atoms with Crippen molar-refractivity contribution in [1.82, 2.24) is 9.55 Å². The molecule has 21 heavy (non-hydrogen) atoms. The molecule has 1 aromatic heterocycles. The largest absolute Gasteiger partial charge is 0.497 e. The van der Waals surface area contributed by atoms with Gasteiger partial charge >= 0.3 is 0 Å². The summed E-state index contributed by atoms with van der Waals surface area (Å²) < 4.78 is 20.5. The molecular weight excluding hydrogens is 291 g/mol. The lowest BCUT2D eigenvalue weighted by Gasteiger charge is -2.09. The van der Waals surface area contributed by atoms with E-state index >= 15 is 0 Å². The molecule has 0 atom stereocenters. The van der Waals surface area contributed by atoms with Crippen molar-refractivity contribution in [2.75, 3.05) is 13.0 Å². The molecule has 108 valence electrons. The number of imidazole rings is 1. The van der Waals surface area contributed by atoms with Gasteiger partial charge in [0, 0.05) is 24.1 Å². The van der Waals surface area contributed by atoms with Crippen LogP contribution in [0.5, 0.6) is 5.75 Å². The Morgan fingerprint density at radius 3 is 2.62 bits per heavy atom. The lowest BCUT2D eigenvalue weighted by Crippen LogP contribution is -2.02. The lowest BCUT2D eigenvalue weighted by molar-refractivity contribution is 0.414. The Morgan fingerprint density at radius 2 is 1.95 bits per heavy atom. The Hall–Kier alpha value is -2.07. The number of fused-ring (bicyclic) bond motifs is 1. The molecule has 0 aliphatic heterocycles. The predicted octanol–water partition coefficient (Wildman–Crippen LogP) is 3.95. The number of methoxy groups -OCH3 is 1. The molecule has 0 spiro atoms. The summed E-state index contributed by atoms with van der Waals surface area (Å²) in [7, 11) is 1.63.